The normalized spacial score (nSPS) is 10.4. The van der Waals surface area contributed by atoms with Gasteiger partial charge in [0.1, 0.15) is 11.6 Å². The van der Waals surface area contributed by atoms with Gasteiger partial charge >= 0.3 is 0 Å². The molecule has 0 aliphatic rings. The zero-order valence-corrected chi connectivity index (χ0v) is 9.92. The number of rotatable bonds is 3. The van der Waals surface area contributed by atoms with Crippen molar-refractivity contribution in [1.82, 2.24) is 4.98 Å². The number of benzene rings is 1. The summed E-state index contributed by atoms with van der Waals surface area (Å²) in [5.41, 5.74) is 6.06. The quantitative estimate of drug-likeness (QED) is 0.931. The highest BCUT2D eigenvalue weighted by molar-refractivity contribution is 6.31. The molecule has 6 heteroatoms. The lowest BCUT2D eigenvalue weighted by Crippen LogP contribution is -2.02. The smallest absolute Gasteiger partial charge is 0.256 e. The Morgan fingerprint density at radius 3 is 2.78 bits per heavy atom. The Hall–Kier alpha value is -1.72. The third-order valence-corrected chi connectivity index (χ3v) is 2.61. The highest BCUT2D eigenvalue weighted by Crippen LogP contribution is 2.30. The van der Waals surface area contributed by atoms with E-state index in [-0.39, 0.29) is 12.4 Å². The SMILES string of the molecule is NCc1c(Cl)cccc1Oc1ncc(F)cc1F. The van der Waals surface area contributed by atoms with Crippen molar-refractivity contribution in [1.29, 1.82) is 0 Å². The monoisotopic (exact) mass is 270 g/mol. The van der Waals surface area contributed by atoms with Gasteiger partial charge in [-0.05, 0) is 12.1 Å². The summed E-state index contributed by atoms with van der Waals surface area (Å²) in [6.07, 6.45) is 0.866. The molecule has 0 bridgehead atoms. The number of aromatic nitrogens is 1. The summed E-state index contributed by atoms with van der Waals surface area (Å²) in [6, 6.07) is 5.55. The van der Waals surface area contributed by atoms with Crippen molar-refractivity contribution in [2.45, 2.75) is 6.54 Å². The third kappa shape index (κ3) is 2.57. The van der Waals surface area contributed by atoms with Crippen LogP contribution >= 0.6 is 11.6 Å². The zero-order valence-electron chi connectivity index (χ0n) is 9.16. The number of hydrogen-bond donors (Lipinski definition) is 1. The molecule has 1 aromatic heterocycles. The number of nitrogens with two attached hydrogens (primary N) is 1. The van der Waals surface area contributed by atoms with E-state index in [0.717, 1.165) is 6.20 Å². The first-order chi connectivity index (χ1) is 8.61. The number of ether oxygens (including phenoxy) is 1. The Balaban J connectivity index is 2.37. The first-order valence-corrected chi connectivity index (χ1v) is 5.46. The van der Waals surface area contributed by atoms with Crippen LogP contribution in [0.25, 0.3) is 0 Å². The van der Waals surface area contributed by atoms with Crippen LogP contribution in [0.5, 0.6) is 11.6 Å². The number of pyridine rings is 1. The van der Waals surface area contributed by atoms with Gasteiger partial charge in [0.15, 0.2) is 5.82 Å². The van der Waals surface area contributed by atoms with Crippen molar-refractivity contribution in [2.24, 2.45) is 5.73 Å². The molecule has 0 amide bonds. The van der Waals surface area contributed by atoms with Gasteiger partial charge in [0, 0.05) is 23.2 Å². The van der Waals surface area contributed by atoms with Gasteiger partial charge in [-0.15, -0.1) is 0 Å². The second-order valence-electron chi connectivity index (χ2n) is 3.46. The van der Waals surface area contributed by atoms with Crippen molar-refractivity contribution >= 4 is 11.6 Å². The molecule has 0 unspecified atom stereocenters. The molecule has 94 valence electrons. The van der Waals surface area contributed by atoms with Gasteiger partial charge in [-0.3, -0.25) is 0 Å². The minimum Gasteiger partial charge on any atom is -0.436 e. The molecule has 18 heavy (non-hydrogen) atoms. The first-order valence-electron chi connectivity index (χ1n) is 5.08. The van der Waals surface area contributed by atoms with E-state index in [1.54, 1.807) is 18.2 Å². The lowest BCUT2D eigenvalue weighted by Gasteiger charge is -2.10. The molecule has 1 aromatic carbocycles. The molecule has 2 N–H and O–H groups in total. The van der Waals surface area contributed by atoms with Gasteiger partial charge in [-0.2, -0.15) is 0 Å². The van der Waals surface area contributed by atoms with Crippen LogP contribution in [0, 0.1) is 11.6 Å². The van der Waals surface area contributed by atoms with Crippen molar-refractivity contribution in [3.05, 3.63) is 52.7 Å². The predicted molar refractivity (Wildman–Crippen MR) is 63.6 cm³/mol. The van der Waals surface area contributed by atoms with Gasteiger partial charge in [0.2, 0.25) is 0 Å². The van der Waals surface area contributed by atoms with Gasteiger partial charge in [0.05, 0.1) is 6.20 Å². The standard InChI is InChI=1S/C12H9ClF2N2O/c13-9-2-1-3-11(8(9)5-16)18-12-10(15)4-7(14)6-17-12/h1-4,6H,5,16H2. The summed E-state index contributed by atoms with van der Waals surface area (Å²) in [5.74, 6) is -1.70. The minimum absolute atomic E-state index is 0.137. The maximum absolute atomic E-state index is 13.4. The molecule has 0 aliphatic carbocycles. The van der Waals surface area contributed by atoms with Crippen molar-refractivity contribution in [3.8, 4) is 11.6 Å². The van der Waals surface area contributed by atoms with Crippen LogP contribution < -0.4 is 10.5 Å². The van der Waals surface area contributed by atoms with Crippen LogP contribution in [-0.4, -0.2) is 4.98 Å². The molecule has 2 rings (SSSR count). The maximum atomic E-state index is 13.4. The van der Waals surface area contributed by atoms with Crippen LogP contribution in [0.15, 0.2) is 30.5 Å². The highest BCUT2D eigenvalue weighted by atomic mass is 35.5. The minimum atomic E-state index is -0.891. The van der Waals surface area contributed by atoms with Gasteiger partial charge in [-0.25, -0.2) is 13.8 Å². The summed E-state index contributed by atoms with van der Waals surface area (Å²) in [6.45, 7) is 0.137. The fourth-order valence-electron chi connectivity index (χ4n) is 1.41. The van der Waals surface area contributed by atoms with Crippen molar-refractivity contribution in [3.63, 3.8) is 0 Å². The van der Waals surface area contributed by atoms with Crippen LogP contribution in [0.1, 0.15) is 5.56 Å². The Bertz CT molecular complexity index is 578. The number of nitrogens with zero attached hydrogens (tertiary/aromatic N) is 1. The average molecular weight is 271 g/mol. The highest BCUT2D eigenvalue weighted by Gasteiger charge is 2.12. The van der Waals surface area contributed by atoms with Crippen LogP contribution in [-0.2, 0) is 6.54 Å². The number of hydrogen-bond acceptors (Lipinski definition) is 3. The Morgan fingerprint density at radius 1 is 1.33 bits per heavy atom. The first kappa shape index (κ1) is 12.7. The maximum Gasteiger partial charge on any atom is 0.256 e. The van der Waals surface area contributed by atoms with E-state index in [0.29, 0.717) is 22.4 Å². The van der Waals surface area contributed by atoms with E-state index in [1.165, 1.54) is 0 Å². The van der Waals surface area contributed by atoms with E-state index in [2.05, 4.69) is 4.98 Å². The summed E-state index contributed by atoms with van der Waals surface area (Å²) < 4.78 is 31.3. The van der Waals surface area contributed by atoms with E-state index in [9.17, 15) is 8.78 Å². The Labute approximate surface area is 107 Å². The predicted octanol–water partition coefficient (Wildman–Crippen LogP) is 3.26. The summed E-state index contributed by atoms with van der Waals surface area (Å²) in [5, 5.41) is 0.414. The second kappa shape index (κ2) is 5.29. The summed E-state index contributed by atoms with van der Waals surface area (Å²) in [4.78, 5) is 3.52. The fourth-order valence-corrected chi connectivity index (χ4v) is 1.66. The summed E-state index contributed by atoms with van der Waals surface area (Å²) >= 11 is 5.93. The van der Waals surface area contributed by atoms with E-state index in [1.807, 2.05) is 0 Å². The Morgan fingerprint density at radius 2 is 2.11 bits per heavy atom. The van der Waals surface area contributed by atoms with Crippen LogP contribution in [0.4, 0.5) is 8.78 Å². The molecule has 2 aromatic rings. The average Bonchev–Trinajstić information content (AvgIpc) is 2.33. The van der Waals surface area contributed by atoms with Gasteiger partial charge in [-0.1, -0.05) is 17.7 Å². The van der Waals surface area contributed by atoms with E-state index in [4.69, 9.17) is 22.1 Å². The molecular weight excluding hydrogens is 262 g/mol. The van der Waals surface area contributed by atoms with Crippen molar-refractivity contribution < 1.29 is 13.5 Å². The van der Waals surface area contributed by atoms with E-state index < -0.39 is 11.6 Å². The topological polar surface area (TPSA) is 48.1 Å². The van der Waals surface area contributed by atoms with Crippen molar-refractivity contribution in [2.75, 3.05) is 0 Å². The molecule has 1 heterocycles. The molecule has 3 nitrogen and oxygen atoms in total. The Kier molecular flexibility index (Phi) is 3.74. The number of halogens is 3. The lowest BCUT2D eigenvalue weighted by molar-refractivity contribution is 0.413. The van der Waals surface area contributed by atoms with Gasteiger partial charge < -0.3 is 10.5 Å². The molecule has 0 saturated carbocycles. The van der Waals surface area contributed by atoms with E-state index >= 15 is 0 Å². The van der Waals surface area contributed by atoms with Gasteiger partial charge in [0.25, 0.3) is 5.88 Å². The molecule has 0 aliphatic heterocycles. The second-order valence-corrected chi connectivity index (χ2v) is 3.87. The summed E-state index contributed by atoms with van der Waals surface area (Å²) in [7, 11) is 0. The van der Waals surface area contributed by atoms with Crippen LogP contribution in [0.2, 0.25) is 5.02 Å². The van der Waals surface area contributed by atoms with Crippen LogP contribution in [0.3, 0.4) is 0 Å². The molecule has 0 spiro atoms. The largest absolute Gasteiger partial charge is 0.436 e. The molecule has 0 fully saturated rings. The lowest BCUT2D eigenvalue weighted by atomic mass is 10.2. The molecule has 0 radical (unpaired) electrons. The third-order valence-electron chi connectivity index (χ3n) is 2.26. The molecule has 0 saturated heterocycles. The molecular formula is C12H9ClF2N2O. The molecule has 0 atom stereocenters. The fraction of sp³-hybridized carbons (Fsp3) is 0.0833. The zero-order chi connectivity index (χ0) is 13.1.